The summed E-state index contributed by atoms with van der Waals surface area (Å²) in [5, 5.41) is 5.01. The summed E-state index contributed by atoms with van der Waals surface area (Å²) in [4.78, 5) is 29.5. The summed E-state index contributed by atoms with van der Waals surface area (Å²) in [6, 6.07) is 11.6. The fourth-order valence-corrected chi connectivity index (χ4v) is 3.79. The van der Waals surface area contributed by atoms with Gasteiger partial charge in [0.05, 0.1) is 10.9 Å². The number of fused-ring (bicyclic) bond motifs is 1. The van der Waals surface area contributed by atoms with Gasteiger partial charge in [-0.25, -0.2) is 4.39 Å². The molecule has 6 nitrogen and oxygen atoms in total. The third-order valence-electron chi connectivity index (χ3n) is 5.23. The molecule has 1 amide bonds. The summed E-state index contributed by atoms with van der Waals surface area (Å²) in [6.07, 6.45) is 0. The molecule has 3 aromatic rings. The third-order valence-corrected chi connectivity index (χ3v) is 5.47. The molecule has 0 spiro atoms. The van der Waals surface area contributed by atoms with Gasteiger partial charge in [0.2, 0.25) is 5.43 Å². The molecule has 0 unspecified atom stereocenters. The van der Waals surface area contributed by atoms with Crippen LogP contribution in [0, 0.1) is 5.82 Å². The number of hydrogen-bond acceptors (Lipinski definition) is 4. The number of amides is 1. The van der Waals surface area contributed by atoms with Crippen molar-refractivity contribution in [3.8, 4) is 0 Å². The second kappa shape index (κ2) is 7.93. The predicted octanol–water partition coefficient (Wildman–Crippen LogP) is 2.68. The molecule has 1 aromatic heterocycles. The van der Waals surface area contributed by atoms with Crippen LogP contribution in [0.1, 0.15) is 16.1 Å². The summed E-state index contributed by atoms with van der Waals surface area (Å²) >= 11 is 6.02. The van der Waals surface area contributed by atoms with Gasteiger partial charge < -0.3 is 4.90 Å². The molecule has 0 aliphatic carbocycles. The standard InChI is InChI=1S/C21H20ClFN4O2/c1-25-18-7-6-15(22)12-16(18)20(28)19(24-25)21(29)27-10-8-26(9-11-27)13-14-4-2-3-5-17(14)23/h2-7,12H,8-11,13H2,1H3. The number of piperazine rings is 1. The van der Waals surface area contributed by atoms with Crippen molar-refractivity contribution in [2.75, 3.05) is 26.2 Å². The summed E-state index contributed by atoms with van der Waals surface area (Å²) in [5.41, 5.74) is 0.726. The Bertz CT molecular complexity index is 1140. The van der Waals surface area contributed by atoms with E-state index in [4.69, 9.17) is 11.6 Å². The first-order valence-corrected chi connectivity index (χ1v) is 9.73. The summed E-state index contributed by atoms with van der Waals surface area (Å²) < 4.78 is 15.4. The Hall–Kier alpha value is -2.77. The van der Waals surface area contributed by atoms with Gasteiger partial charge in [-0.1, -0.05) is 29.8 Å². The number of carbonyl (C=O) groups excluding carboxylic acids is 1. The lowest BCUT2D eigenvalue weighted by Crippen LogP contribution is -2.49. The zero-order valence-electron chi connectivity index (χ0n) is 15.9. The van der Waals surface area contributed by atoms with E-state index >= 15 is 0 Å². The van der Waals surface area contributed by atoms with E-state index in [-0.39, 0.29) is 11.5 Å². The minimum absolute atomic E-state index is 0.107. The first kappa shape index (κ1) is 19.5. The molecule has 1 aliphatic rings. The molecule has 0 radical (unpaired) electrons. The van der Waals surface area contributed by atoms with Gasteiger partial charge in [0, 0.05) is 50.4 Å². The Morgan fingerprint density at radius 3 is 2.59 bits per heavy atom. The second-order valence-corrected chi connectivity index (χ2v) is 7.56. The van der Waals surface area contributed by atoms with Crippen molar-refractivity contribution in [3.05, 3.63) is 74.8 Å². The van der Waals surface area contributed by atoms with Gasteiger partial charge in [-0.3, -0.25) is 19.2 Å². The van der Waals surface area contributed by atoms with Crippen molar-refractivity contribution in [3.63, 3.8) is 0 Å². The zero-order valence-corrected chi connectivity index (χ0v) is 16.7. The lowest BCUT2D eigenvalue weighted by atomic mass is 10.1. The van der Waals surface area contributed by atoms with Gasteiger partial charge >= 0.3 is 0 Å². The van der Waals surface area contributed by atoms with Crippen LogP contribution in [0.3, 0.4) is 0 Å². The maximum Gasteiger partial charge on any atom is 0.278 e. The molecule has 2 aromatic carbocycles. The average Bonchev–Trinajstić information content (AvgIpc) is 2.72. The maximum absolute atomic E-state index is 13.9. The topological polar surface area (TPSA) is 58.4 Å². The van der Waals surface area contributed by atoms with Crippen LogP contribution in [-0.2, 0) is 13.6 Å². The van der Waals surface area contributed by atoms with E-state index in [2.05, 4.69) is 10.00 Å². The fourth-order valence-electron chi connectivity index (χ4n) is 3.62. The highest BCUT2D eigenvalue weighted by molar-refractivity contribution is 6.31. The number of aryl methyl sites for hydroxylation is 1. The minimum atomic E-state index is -0.417. The van der Waals surface area contributed by atoms with E-state index < -0.39 is 11.3 Å². The molecule has 0 bridgehead atoms. The van der Waals surface area contributed by atoms with Crippen LogP contribution < -0.4 is 5.43 Å². The minimum Gasteiger partial charge on any atom is -0.335 e. The smallest absolute Gasteiger partial charge is 0.278 e. The molecule has 2 heterocycles. The molecule has 150 valence electrons. The quantitative estimate of drug-likeness (QED) is 0.661. The van der Waals surface area contributed by atoms with Crippen molar-refractivity contribution in [1.82, 2.24) is 19.6 Å². The summed E-state index contributed by atoms with van der Waals surface area (Å²) in [5.74, 6) is -0.619. The van der Waals surface area contributed by atoms with Crippen LogP contribution in [0.4, 0.5) is 4.39 Å². The van der Waals surface area contributed by atoms with Crippen molar-refractivity contribution in [1.29, 1.82) is 0 Å². The zero-order chi connectivity index (χ0) is 20.5. The molecule has 1 saturated heterocycles. The van der Waals surface area contributed by atoms with Crippen LogP contribution in [0.25, 0.3) is 10.9 Å². The van der Waals surface area contributed by atoms with Gasteiger partial charge in [0.15, 0.2) is 5.69 Å². The fraction of sp³-hybridized carbons (Fsp3) is 0.286. The van der Waals surface area contributed by atoms with Crippen molar-refractivity contribution >= 4 is 28.4 Å². The average molecular weight is 415 g/mol. The molecule has 0 N–H and O–H groups in total. The Labute approximate surface area is 172 Å². The van der Waals surface area contributed by atoms with E-state index in [1.165, 1.54) is 10.7 Å². The number of hydrogen-bond donors (Lipinski definition) is 0. The van der Waals surface area contributed by atoms with Gasteiger partial charge in [-0.15, -0.1) is 0 Å². The highest BCUT2D eigenvalue weighted by Gasteiger charge is 2.26. The van der Waals surface area contributed by atoms with E-state index in [0.29, 0.717) is 54.2 Å². The number of carbonyl (C=O) groups is 1. The Kier molecular flexibility index (Phi) is 5.34. The van der Waals surface area contributed by atoms with Gasteiger partial charge in [-0.2, -0.15) is 5.10 Å². The first-order valence-electron chi connectivity index (χ1n) is 9.35. The number of halogens is 2. The molecule has 4 rings (SSSR count). The lowest BCUT2D eigenvalue weighted by molar-refractivity contribution is 0.0618. The van der Waals surface area contributed by atoms with Crippen LogP contribution in [0.2, 0.25) is 5.02 Å². The molecule has 1 fully saturated rings. The number of nitrogens with zero attached hydrogens (tertiary/aromatic N) is 4. The van der Waals surface area contributed by atoms with Crippen LogP contribution in [0.5, 0.6) is 0 Å². The van der Waals surface area contributed by atoms with E-state index in [9.17, 15) is 14.0 Å². The maximum atomic E-state index is 13.9. The molecular formula is C21H20ClFN4O2. The van der Waals surface area contributed by atoms with Crippen LogP contribution in [-0.4, -0.2) is 51.7 Å². The third kappa shape index (κ3) is 3.88. The Morgan fingerprint density at radius 1 is 1.14 bits per heavy atom. The van der Waals surface area contributed by atoms with Crippen molar-refractivity contribution < 1.29 is 9.18 Å². The van der Waals surface area contributed by atoms with E-state index in [1.807, 2.05) is 6.07 Å². The molecule has 1 aliphatic heterocycles. The van der Waals surface area contributed by atoms with Gasteiger partial charge in [-0.05, 0) is 24.3 Å². The van der Waals surface area contributed by atoms with Crippen molar-refractivity contribution in [2.24, 2.45) is 7.05 Å². The van der Waals surface area contributed by atoms with E-state index in [0.717, 1.165) is 0 Å². The summed E-state index contributed by atoms with van der Waals surface area (Å²) in [7, 11) is 1.69. The summed E-state index contributed by atoms with van der Waals surface area (Å²) in [6.45, 7) is 2.58. The highest BCUT2D eigenvalue weighted by atomic mass is 35.5. The van der Waals surface area contributed by atoms with Gasteiger partial charge in [0.25, 0.3) is 5.91 Å². The van der Waals surface area contributed by atoms with Gasteiger partial charge in [0.1, 0.15) is 5.82 Å². The van der Waals surface area contributed by atoms with E-state index in [1.54, 1.807) is 42.3 Å². The molecule has 0 atom stereocenters. The predicted molar refractivity (Wildman–Crippen MR) is 110 cm³/mol. The SMILES string of the molecule is Cn1nc(C(=O)N2CCN(Cc3ccccc3F)CC2)c(=O)c2cc(Cl)ccc21. The van der Waals surface area contributed by atoms with Crippen molar-refractivity contribution in [2.45, 2.75) is 6.54 Å². The number of rotatable bonds is 3. The second-order valence-electron chi connectivity index (χ2n) is 7.12. The molecule has 0 saturated carbocycles. The lowest BCUT2D eigenvalue weighted by Gasteiger charge is -2.34. The van der Waals surface area contributed by atoms with Crippen LogP contribution >= 0.6 is 11.6 Å². The normalized spacial score (nSPS) is 15.1. The number of benzene rings is 2. The Morgan fingerprint density at radius 2 is 1.86 bits per heavy atom. The van der Waals surface area contributed by atoms with Crippen LogP contribution in [0.15, 0.2) is 47.3 Å². The largest absolute Gasteiger partial charge is 0.335 e. The molecule has 29 heavy (non-hydrogen) atoms. The molecular weight excluding hydrogens is 395 g/mol. The highest BCUT2D eigenvalue weighted by Crippen LogP contribution is 2.17. The first-order chi connectivity index (χ1) is 13.9. The Balaban J connectivity index is 1.51. The monoisotopic (exact) mass is 414 g/mol. The molecule has 8 heteroatoms. The number of aromatic nitrogens is 2.